The third kappa shape index (κ3) is 3.34. The summed E-state index contributed by atoms with van der Waals surface area (Å²) < 4.78 is 51.2. The molecule has 18 heavy (non-hydrogen) atoms. The maximum Gasteiger partial charge on any atom is 0.419 e. The van der Waals surface area contributed by atoms with E-state index in [1.54, 1.807) is 0 Å². The molecule has 0 saturated carbocycles. The molecule has 0 aliphatic rings. The summed E-state index contributed by atoms with van der Waals surface area (Å²) in [6.45, 7) is 0. The number of rotatable bonds is 4. The summed E-state index contributed by atoms with van der Waals surface area (Å²) in [5.74, 6) is -1.52. The summed E-state index contributed by atoms with van der Waals surface area (Å²) in [5.41, 5.74) is -2.26. The fourth-order valence-corrected chi connectivity index (χ4v) is 1.79. The molecule has 0 aliphatic carbocycles. The van der Waals surface area contributed by atoms with Crippen molar-refractivity contribution in [1.82, 2.24) is 0 Å². The van der Waals surface area contributed by atoms with Gasteiger partial charge in [-0.15, -0.1) is 11.6 Å². The van der Waals surface area contributed by atoms with Crippen LogP contribution in [0.3, 0.4) is 0 Å². The highest BCUT2D eigenvalue weighted by Gasteiger charge is 2.39. The van der Waals surface area contributed by atoms with Crippen molar-refractivity contribution < 1.29 is 27.8 Å². The first-order valence-electron chi connectivity index (χ1n) is 5.06. The molecular formula is C11H11ClF4O2. The van der Waals surface area contributed by atoms with Gasteiger partial charge in [-0.25, -0.2) is 4.39 Å². The lowest BCUT2D eigenvalue weighted by atomic mass is 9.96. The molecule has 0 bridgehead atoms. The van der Waals surface area contributed by atoms with Crippen molar-refractivity contribution in [3.05, 3.63) is 35.1 Å². The van der Waals surface area contributed by atoms with E-state index in [0.29, 0.717) is 6.07 Å². The van der Waals surface area contributed by atoms with E-state index in [2.05, 4.69) is 0 Å². The Bertz CT molecular complexity index is 409. The molecule has 2 N–H and O–H groups in total. The molecular weight excluding hydrogens is 276 g/mol. The Morgan fingerprint density at radius 2 is 1.83 bits per heavy atom. The van der Waals surface area contributed by atoms with Gasteiger partial charge >= 0.3 is 6.18 Å². The van der Waals surface area contributed by atoms with Crippen LogP contribution in [0.25, 0.3) is 0 Å². The van der Waals surface area contributed by atoms with Crippen molar-refractivity contribution >= 4 is 11.6 Å². The summed E-state index contributed by atoms with van der Waals surface area (Å²) in [7, 11) is 0. The van der Waals surface area contributed by atoms with Gasteiger partial charge in [0.25, 0.3) is 0 Å². The zero-order chi connectivity index (χ0) is 13.9. The van der Waals surface area contributed by atoms with Gasteiger partial charge in [0.2, 0.25) is 0 Å². The van der Waals surface area contributed by atoms with E-state index in [1.165, 1.54) is 0 Å². The van der Waals surface area contributed by atoms with Crippen LogP contribution in [-0.4, -0.2) is 22.2 Å². The Morgan fingerprint density at radius 1 is 1.22 bits per heavy atom. The van der Waals surface area contributed by atoms with Crippen molar-refractivity contribution in [1.29, 1.82) is 0 Å². The molecule has 0 aromatic heterocycles. The molecule has 102 valence electrons. The second-order valence-corrected chi connectivity index (χ2v) is 4.07. The van der Waals surface area contributed by atoms with Crippen molar-refractivity contribution in [3.8, 4) is 0 Å². The zero-order valence-electron chi connectivity index (χ0n) is 9.09. The highest BCUT2D eigenvalue weighted by Crippen LogP contribution is 2.37. The fraction of sp³-hybridized carbons (Fsp3) is 0.455. The van der Waals surface area contributed by atoms with Crippen LogP contribution in [0.5, 0.6) is 0 Å². The summed E-state index contributed by atoms with van der Waals surface area (Å²) in [5, 5.41) is 19.0. The van der Waals surface area contributed by atoms with Gasteiger partial charge in [0.1, 0.15) is 11.9 Å². The topological polar surface area (TPSA) is 40.5 Å². The normalized spacial score (nSPS) is 15.5. The standard InChI is InChI=1S/C11H11ClF4O2/c12-5-4-8(17)10(18)6-2-1-3-7(13)9(6)11(14,15)16/h1-3,8,10,17-18H,4-5H2. The van der Waals surface area contributed by atoms with Crippen molar-refractivity contribution in [2.75, 3.05) is 5.88 Å². The lowest BCUT2D eigenvalue weighted by Crippen LogP contribution is -2.23. The molecule has 0 spiro atoms. The number of benzene rings is 1. The van der Waals surface area contributed by atoms with Crippen LogP contribution in [0.1, 0.15) is 23.7 Å². The van der Waals surface area contributed by atoms with E-state index in [9.17, 15) is 27.8 Å². The van der Waals surface area contributed by atoms with E-state index >= 15 is 0 Å². The van der Waals surface area contributed by atoms with Crippen molar-refractivity contribution in [2.24, 2.45) is 0 Å². The zero-order valence-corrected chi connectivity index (χ0v) is 9.84. The monoisotopic (exact) mass is 286 g/mol. The van der Waals surface area contributed by atoms with Crippen LogP contribution in [0, 0.1) is 5.82 Å². The number of hydrogen-bond donors (Lipinski definition) is 2. The third-order valence-electron chi connectivity index (χ3n) is 2.42. The SMILES string of the molecule is OC(CCCl)C(O)c1cccc(F)c1C(F)(F)F. The van der Waals surface area contributed by atoms with Gasteiger partial charge in [0, 0.05) is 5.88 Å². The molecule has 0 fully saturated rings. The van der Waals surface area contributed by atoms with Crippen molar-refractivity contribution in [2.45, 2.75) is 24.8 Å². The Morgan fingerprint density at radius 3 is 2.33 bits per heavy atom. The van der Waals surface area contributed by atoms with E-state index in [-0.39, 0.29) is 12.3 Å². The first-order chi connectivity index (χ1) is 8.29. The van der Waals surface area contributed by atoms with Gasteiger partial charge in [-0.1, -0.05) is 12.1 Å². The average Bonchev–Trinajstić information content (AvgIpc) is 2.26. The highest BCUT2D eigenvalue weighted by atomic mass is 35.5. The van der Waals surface area contributed by atoms with Crippen LogP contribution in [-0.2, 0) is 6.18 Å². The van der Waals surface area contributed by atoms with Crippen LogP contribution < -0.4 is 0 Å². The molecule has 1 aromatic rings. The molecule has 0 heterocycles. The molecule has 2 atom stereocenters. The van der Waals surface area contributed by atoms with E-state index in [4.69, 9.17) is 11.6 Å². The van der Waals surface area contributed by atoms with Crippen LogP contribution in [0.2, 0.25) is 0 Å². The highest BCUT2D eigenvalue weighted by molar-refractivity contribution is 6.17. The van der Waals surface area contributed by atoms with Crippen molar-refractivity contribution in [3.63, 3.8) is 0 Å². The maximum atomic E-state index is 13.2. The van der Waals surface area contributed by atoms with Gasteiger partial charge in [0.05, 0.1) is 11.7 Å². The number of aliphatic hydroxyl groups excluding tert-OH is 2. The molecule has 7 heteroatoms. The summed E-state index contributed by atoms with van der Waals surface area (Å²) in [6, 6.07) is 2.61. The van der Waals surface area contributed by atoms with Gasteiger partial charge in [0.15, 0.2) is 0 Å². The van der Waals surface area contributed by atoms with Gasteiger partial charge in [-0.05, 0) is 18.1 Å². The molecule has 1 aromatic carbocycles. The molecule has 0 aliphatic heterocycles. The Labute approximate surface area is 106 Å². The quantitative estimate of drug-likeness (QED) is 0.660. The Balaban J connectivity index is 3.20. The predicted octanol–water partition coefficient (Wildman–Crippen LogP) is 2.87. The number of halogens is 5. The molecule has 2 nitrogen and oxygen atoms in total. The molecule has 2 unspecified atom stereocenters. The van der Waals surface area contributed by atoms with Gasteiger partial charge in [-0.3, -0.25) is 0 Å². The van der Waals surface area contributed by atoms with Crippen LogP contribution >= 0.6 is 11.6 Å². The molecule has 0 radical (unpaired) electrons. The van der Waals surface area contributed by atoms with Gasteiger partial charge in [-0.2, -0.15) is 13.2 Å². The Hall–Kier alpha value is -0.850. The second-order valence-electron chi connectivity index (χ2n) is 3.69. The minimum absolute atomic E-state index is 0.0328. The summed E-state index contributed by atoms with van der Waals surface area (Å²) in [6.07, 6.45) is -8.36. The first-order valence-corrected chi connectivity index (χ1v) is 5.60. The molecule has 0 amide bonds. The minimum atomic E-state index is -4.94. The first kappa shape index (κ1) is 15.2. The third-order valence-corrected chi connectivity index (χ3v) is 2.64. The molecule has 1 rings (SSSR count). The smallest absolute Gasteiger partial charge is 0.390 e. The van der Waals surface area contributed by atoms with Crippen LogP contribution in [0.4, 0.5) is 17.6 Å². The van der Waals surface area contributed by atoms with E-state index in [1.807, 2.05) is 0 Å². The number of hydrogen-bond acceptors (Lipinski definition) is 2. The lowest BCUT2D eigenvalue weighted by Gasteiger charge is -2.21. The summed E-state index contributed by atoms with van der Waals surface area (Å²) >= 11 is 5.32. The largest absolute Gasteiger partial charge is 0.419 e. The van der Waals surface area contributed by atoms with E-state index in [0.717, 1.165) is 12.1 Å². The van der Waals surface area contributed by atoms with E-state index < -0.39 is 35.3 Å². The fourth-order valence-electron chi connectivity index (χ4n) is 1.56. The number of aliphatic hydroxyl groups is 2. The average molecular weight is 287 g/mol. The number of alkyl halides is 4. The predicted molar refractivity (Wildman–Crippen MR) is 57.7 cm³/mol. The lowest BCUT2D eigenvalue weighted by molar-refractivity contribution is -0.142. The second kappa shape index (κ2) is 5.86. The summed E-state index contributed by atoms with van der Waals surface area (Å²) in [4.78, 5) is 0. The molecule has 0 saturated heterocycles. The van der Waals surface area contributed by atoms with Crippen LogP contribution in [0.15, 0.2) is 18.2 Å². The van der Waals surface area contributed by atoms with Gasteiger partial charge < -0.3 is 10.2 Å². The minimum Gasteiger partial charge on any atom is -0.390 e. The Kier molecular flexibility index (Phi) is 4.95. The maximum absolute atomic E-state index is 13.2.